The highest BCUT2D eigenvalue weighted by molar-refractivity contribution is 5.09. The highest BCUT2D eigenvalue weighted by Gasteiger charge is 2.59. The Morgan fingerprint density at radius 2 is 2.00 bits per heavy atom. The summed E-state index contributed by atoms with van der Waals surface area (Å²) in [5.41, 5.74) is -1.19. The summed E-state index contributed by atoms with van der Waals surface area (Å²) in [6, 6.07) is 0. The molecule has 0 spiro atoms. The van der Waals surface area contributed by atoms with E-state index >= 15 is 0 Å². The van der Waals surface area contributed by atoms with Gasteiger partial charge < -0.3 is 20.4 Å². The van der Waals surface area contributed by atoms with Gasteiger partial charge in [0.05, 0.1) is 12.2 Å². The van der Waals surface area contributed by atoms with Gasteiger partial charge in [-0.3, -0.25) is 0 Å². The third-order valence-corrected chi connectivity index (χ3v) is 4.68. The van der Waals surface area contributed by atoms with Crippen molar-refractivity contribution in [2.45, 2.75) is 50.4 Å². The predicted molar refractivity (Wildman–Crippen MR) is 58.7 cm³/mol. The zero-order chi connectivity index (χ0) is 11.9. The smallest absolute Gasteiger partial charge is 0.111 e. The monoisotopic (exact) mass is 230 g/mol. The number of rotatable bonds is 3. The molecule has 4 heteroatoms. The quantitative estimate of drug-likeness (QED) is 0.545. The van der Waals surface area contributed by atoms with Gasteiger partial charge in [-0.2, -0.15) is 0 Å². The summed E-state index contributed by atoms with van der Waals surface area (Å²) in [5.74, 6) is 0.512. The zero-order valence-corrected chi connectivity index (χ0v) is 9.71. The summed E-state index contributed by atoms with van der Waals surface area (Å²) in [5, 5.41) is 39.2. The second kappa shape index (κ2) is 4.26. The van der Waals surface area contributed by atoms with Gasteiger partial charge in [0.25, 0.3) is 0 Å². The zero-order valence-electron chi connectivity index (χ0n) is 9.71. The van der Waals surface area contributed by atoms with Crippen LogP contribution in [0.1, 0.15) is 32.6 Å². The standard InChI is InChI=1S/C12H22O4/c1-7-5-8-3-2-4-9(7)12(8,16)11(15)10(14)6-13/h7-11,13-16H,2-6H2,1H3/t7-,8-,9+,10-,11+,12+/m0/s1. The molecule has 0 heterocycles. The summed E-state index contributed by atoms with van der Waals surface area (Å²) in [4.78, 5) is 0. The van der Waals surface area contributed by atoms with E-state index in [0.29, 0.717) is 5.92 Å². The fourth-order valence-electron chi connectivity index (χ4n) is 3.88. The number of hydrogen-bond donors (Lipinski definition) is 4. The maximum absolute atomic E-state index is 10.7. The lowest BCUT2D eigenvalue weighted by Crippen LogP contribution is -2.58. The summed E-state index contributed by atoms with van der Waals surface area (Å²) < 4.78 is 0. The Balaban J connectivity index is 2.23. The first-order valence-corrected chi connectivity index (χ1v) is 6.21. The van der Waals surface area contributed by atoms with Gasteiger partial charge in [-0.15, -0.1) is 0 Å². The van der Waals surface area contributed by atoms with Crippen LogP contribution in [0, 0.1) is 17.8 Å². The molecule has 0 amide bonds. The highest BCUT2D eigenvalue weighted by Crippen LogP contribution is 2.54. The minimum absolute atomic E-state index is 0.0578. The molecule has 16 heavy (non-hydrogen) atoms. The van der Waals surface area contributed by atoms with Crippen LogP contribution in [0.2, 0.25) is 0 Å². The molecule has 0 aliphatic heterocycles. The van der Waals surface area contributed by atoms with Crippen LogP contribution < -0.4 is 0 Å². The van der Waals surface area contributed by atoms with Crippen molar-refractivity contribution >= 4 is 0 Å². The van der Waals surface area contributed by atoms with Gasteiger partial charge in [0.15, 0.2) is 0 Å². The molecule has 2 saturated carbocycles. The Kier molecular flexibility index (Phi) is 3.27. The van der Waals surface area contributed by atoms with E-state index in [1.807, 2.05) is 0 Å². The Morgan fingerprint density at radius 1 is 1.31 bits per heavy atom. The number of hydrogen-bond acceptors (Lipinski definition) is 4. The predicted octanol–water partition coefficient (Wildman–Crippen LogP) is -0.112. The molecule has 0 aromatic rings. The molecule has 2 rings (SSSR count). The molecule has 2 fully saturated rings. The molecular weight excluding hydrogens is 208 g/mol. The van der Waals surface area contributed by atoms with Crippen molar-refractivity contribution in [2.75, 3.05) is 6.61 Å². The lowest BCUT2D eigenvalue weighted by atomic mass is 9.69. The summed E-state index contributed by atoms with van der Waals surface area (Å²) in [6.45, 7) is 1.59. The molecule has 2 aliphatic carbocycles. The van der Waals surface area contributed by atoms with Crippen molar-refractivity contribution in [3.05, 3.63) is 0 Å². The maximum atomic E-state index is 10.7. The van der Waals surface area contributed by atoms with Crippen LogP contribution in [0.4, 0.5) is 0 Å². The van der Waals surface area contributed by atoms with Crippen molar-refractivity contribution < 1.29 is 20.4 Å². The largest absolute Gasteiger partial charge is 0.394 e. The van der Waals surface area contributed by atoms with Gasteiger partial charge in [-0.1, -0.05) is 13.3 Å². The van der Waals surface area contributed by atoms with Crippen LogP contribution in [0.3, 0.4) is 0 Å². The SMILES string of the molecule is C[C@H]1C[C@@H]2CCC[C@H]1[C@@]2(O)[C@H](O)[C@@H](O)CO. The molecule has 2 bridgehead atoms. The van der Waals surface area contributed by atoms with Gasteiger partial charge in [-0.05, 0) is 37.0 Å². The molecular formula is C12H22O4. The molecule has 4 nitrogen and oxygen atoms in total. The van der Waals surface area contributed by atoms with Gasteiger partial charge in [0, 0.05) is 0 Å². The maximum Gasteiger partial charge on any atom is 0.111 e. The third kappa shape index (κ3) is 1.59. The van der Waals surface area contributed by atoms with Gasteiger partial charge in [0.1, 0.15) is 12.2 Å². The van der Waals surface area contributed by atoms with E-state index < -0.39 is 24.4 Å². The fraction of sp³-hybridized carbons (Fsp3) is 1.00. The van der Waals surface area contributed by atoms with E-state index in [0.717, 1.165) is 25.7 Å². The van der Waals surface area contributed by atoms with Gasteiger partial charge in [-0.25, -0.2) is 0 Å². The van der Waals surface area contributed by atoms with Crippen LogP contribution in [-0.4, -0.2) is 44.8 Å². The van der Waals surface area contributed by atoms with E-state index in [-0.39, 0.29) is 11.8 Å². The molecule has 6 atom stereocenters. The Morgan fingerprint density at radius 3 is 2.56 bits per heavy atom. The summed E-state index contributed by atoms with van der Waals surface area (Å²) in [7, 11) is 0. The minimum atomic E-state index is -1.24. The van der Waals surface area contributed by atoms with Crippen LogP contribution in [0.25, 0.3) is 0 Å². The normalized spacial score (nSPS) is 46.7. The van der Waals surface area contributed by atoms with Crippen LogP contribution >= 0.6 is 0 Å². The second-order valence-electron chi connectivity index (χ2n) is 5.53. The molecule has 0 aromatic carbocycles. The lowest BCUT2D eigenvalue weighted by Gasteiger charge is -2.44. The Hall–Kier alpha value is -0.160. The lowest BCUT2D eigenvalue weighted by molar-refractivity contribution is -0.184. The second-order valence-corrected chi connectivity index (χ2v) is 5.53. The van der Waals surface area contributed by atoms with Crippen molar-refractivity contribution in [1.82, 2.24) is 0 Å². The first kappa shape index (κ1) is 12.3. The summed E-state index contributed by atoms with van der Waals surface area (Å²) in [6.07, 6.45) is 1.35. The van der Waals surface area contributed by atoms with E-state index in [9.17, 15) is 15.3 Å². The van der Waals surface area contributed by atoms with Crippen LogP contribution in [-0.2, 0) is 0 Å². The summed E-state index contributed by atoms with van der Waals surface area (Å²) >= 11 is 0. The van der Waals surface area contributed by atoms with Crippen LogP contribution in [0.5, 0.6) is 0 Å². The first-order valence-electron chi connectivity index (χ1n) is 6.21. The minimum Gasteiger partial charge on any atom is -0.394 e. The topological polar surface area (TPSA) is 80.9 Å². The van der Waals surface area contributed by atoms with Crippen LogP contribution in [0.15, 0.2) is 0 Å². The van der Waals surface area contributed by atoms with Crippen molar-refractivity contribution in [2.24, 2.45) is 17.8 Å². The Labute approximate surface area is 95.9 Å². The first-order chi connectivity index (χ1) is 7.51. The van der Waals surface area contributed by atoms with E-state index in [2.05, 4.69) is 6.92 Å². The van der Waals surface area contributed by atoms with E-state index in [4.69, 9.17) is 5.11 Å². The van der Waals surface area contributed by atoms with Gasteiger partial charge >= 0.3 is 0 Å². The number of aliphatic hydroxyl groups is 4. The average Bonchev–Trinajstić information content (AvgIpc) is 2.45. The number of aliphatic hydroxyl groups excluding tert-OH is 3. The molecule has 94 valence electrons. The Bertz CT molecular complexity index is 257. The molecule has 4 N–H and O–H groups in total. The highest BCUT2D eigenvalue weighted by atomic mass is 16.4. The van der Waals surface area contributed by atoms with Crippen molar-refractivity contribution in [3.63, 3.8) is 0 Å². The molecule has 0 aromatic heterocycles. The average molecular weight is 230 g/mol. The molecule has 0 saturated heterocycles. The van der Waals surface area contributed by atoms with Gasteiger partial charge in [0.2, 0.25) is 0 Å². The number of fused-ring (bicyclic) bond motifs is 2. The molecule has 0 unspecified atom stereocenters. The fourth-order valence-corrected chi connectivity index (χ4v) is 3.88. The van der Waals surface area contributed by atoms with E-state index in [1.54, 1.807) is 0 Å². The van der Waals surface area contributed by atoms with E-state index in [1.165, 1.54) is 0 Å². The molecule has 0 radical (unpaired) electrons. The third-order valence-electron chi connectivity index (χ3n) is 4.68. The van der Waals surface area contributed by atoms with Crippen molar-refractivity contribution in [1.29, 1.82) is 0 Å². The van der Waals surface area contributed by atoms with Crippen molar-refractivity contribution in [3.8, 4) is 0 Å². The molecule has 2 aliphatic rings.